The lowest BCUT2D eigenvalue weighted by Crippen LogP contribution is -2.33. The van der Waals surface area contributed by atoms with Crippen LogP contribution in [-0.2, 0) is 9.59 Å². The third kappa shape index (κ3) is 3.88. The first kappa shape index (κ1) is 19.5. The zero-order valence-electron chi connectivity index (χ0n) is 15.9. The molecule has 146 valence electrons. The van der Waals surface area contributed by atoms with Crippen LogP contribution in [0.4, 0.5) is 20.2 Å². The highest BCUT2D eigenvalue weighted by atomic mass is 19.1. The molecule has 28 heavy (non-hydrogen) atoms. The van der Waals surface area contributed by atoms with Gasteiger partial charge in [0.2, 0.25) is 11.8 Å². The van der Waals surface area contributed by atoms with E-state index in [1.165, 1.54) is 30.8 Å². The van der Waals surface area contributed by atoms with Gasteiger partial charge < -0.3 is 15.1 Å². The number of nitrogens with one attached hydrogen (secondary N) is 1. The van der Waals surface area contributed by atoms with E-state index in [2.05, 4.69) is 5.32 Å². The normalized spacial score (nSPS) is 15.2. The Morgan fingerprint density at radius 2 is 1.79 bits per heavy atom. The second kappa shape index (κ2) is 7.80. The third-order valence-electron chi connectivity index (χ3n) is 4.60. The number of anilines is 2. The van der Waals surface area contributed by atoms with Crippen molar-refractivity contribution >= 4 is 29.3 Å². The lowest BCUT2D eigenvalue weighted by atomic mass is 9.93. The summed E-state index contributed by atoms with van der Waals surface area (Å²) in [5, 5.41) is 2.53. The van der Waals surface area contributed by atoms with E-state index in [9.17, 15) is 18.4 Å². The molecular weight excluding hydrogens is 364 g/mol. The average Bonchev–Trinajstić information content (AvgIpc) is 2.60. The van der Waals surface area contributed by atoms with E-state index in [-0.39, 0.29) is 23.7 Å². The monoisotopic (exact) mass is 385 g/mol. The summed E-state index contributed by atoms with van der Waals surface area (Å²) in [7, 11) is 3.06. The van der Waals surface area contributed by atoms with E-state index >= 15 is 0 Å². The molecule has 2 amide bonds. The van der Waals surface area contributed by atoms with Crippen LogP contribution in [0.2, 0.25) is 0 Å². The molecule has 1 N–H and O–H groups in total. The highest BCUT2D eigenvalue weighted by molar-refractivity contribution is 5.92. The quantitative estimate of drug-likeness (QED) is 0.868. The minimum Gasteiger partial charge on any atom is -0.373 e. The number of amides is 2. The fourth-order valence-corrected chi connectivity index (χ4v) is 3.37. The summed E-state index contributed by atoms with van der Waals surface area (Å²) in [6.45, 7) is 1.42. The molecule has 0 spiro atoms. The van der Waals surface area contributed by atoms with Gasteiger partial charge in [-0.1, -0.05) is 24.3 Å². The standard InChI is InChI=1S/C21H21F2N3O2/c1-13(27)26-9-8-14-6-4-5-7-16(14)19(26)12-20(28)24-15-10-17(22)21(25(2)3)18(23)11-15/h4-11,19H,12H2,1-3H3,(H,24,28). The number of carbonyl (C=O) groups is 2. The predicted molar refractivity (Wildman–Crippen MR) is 105 cm³/mol. The summed E-state index contributed by atoms with van der Waals surface area (Å²) in [6.07, 6.45) is 3.42. The number of halogens is 2. The second-order valence-electron chi connectivity index (χ2n) is 6.82. The summed E-state index contributed by atoms with van der Waals surface area (Å²) in [5.74, 6) is -2.18. The van der Waals surface area contributed by atoms with Crippen LogP contribution < -0.4 is 10.2 Å². The van der Waals surface area contributed by atoms with Gasteiger partial charge in [0.05, 0.1) is 12.5 Å². The molecule has 0 aromatic heterocycles. The first-order valence-electron chi connectivity index (χ1n) is 8.80. The van der Waals surface area contributed by atoms with Gasteiger partial charge in [0.1, 0.15) is 5.69 Å². The molecule has 0 aliphatic carbocycles. The minimum atomic E-state index is -0.767. The van der Waals surface area contributed by atoms with E-state index in [0.717, 1.165) is 23.3 Å². The molecule has 0 fully saturated rings. The Bertz CT molecular complexity index is 933. The second-order valence-corrected chi connectivity index (χ2v) is 6.82. The molecule has 1 heterocycles. The number of rotatable bonds is 4. The van der Waals surface area contributed by atoms with Gasteiger partial charge in [0.15, 0.2) is 11.6 Å². The average molecular weight is 385 g/mol. The van der Waals surface area contributed by atoms with Crippen molar-refractivity contribution in [2.75, 3.05) is 24.3 Å². The molecule has 7 heteroatoms. The van der Waals surface area contributed by atoms with Crippen LogP contribution >= 0.6 is 0 Å². The van der Waals surface area contributed by atoms with Crippen LogP contribution in [-0.4, -0.2) is 30.8 Å². The van der Waals surface area contributed by atoms with Crippen molar-refractivity contribution in [3.63, 3.8) is 0 Å². The van der Waals surface area contributed by atoms with E-state index < -0.39 is 23.6 Å². The van der Waals surface area contributed by atoms with Gasteiger partial charge in [0, 0.05) is 32.9 Å². The maximum absolute atomic E-state index is 14.1. The summed E-state index contributed by atoms with van der Waals surface area (Å²) in [4.78, 5) is 27.4. The molecule has 0 bridgehead atoms. The Morgan fingerprint density at radius 3 is 2.39 bits per heavy atom. The van der Waals surface area contributed by atoms with Gasteiger partial charge in [-0.15, -0.1) is 0 Å². The van der Waals surface area contributed by atoms with E-state index in [1.54, 1.807) is 6.20 Å². The number of carbonyl (C=O) groups excluding carboxylic acids is 2. The van der Waals surface area contributed by atoms with Crippen LogP contribution in [0.1, 0.15) is 30.5 Å². The van der Waals surface area contributed by atoms with Crippen LogP contribution in [0.25, 0.3) is 6.08 Å². The van der Waals surface area contributed by atoms with Crippen molar-refractivity contribution in [1.82, 2.24) is 4.90 Å². The first-order valence-corrected chi connectivity index (χ1v) is 8.80. The van der Waals surface area contributed by atoms with E-state index in [4.69, 9.17) is 0 Å². The Hall–Kier alpha value is -3.22. The molecule has 1 atom stereocenters. The Labute approximate surface area is 162 Å². The zero-order valence-corrected chi connectivity index (χ0v) is 15.9. The van der Waals surface area contributed by atoms with Crippen molar-refractivity contribution in [3.8, 4) is 0 Å². The third-order valence-corrected chi connectivity index (χ3v) is 4.60. The molecule has 2 aromatic carbocycles. The zero-order chi connectivity index (χ0) is 20.4. The topological polar surface area (TPSA) is 52.7 Å². The lowest BCUT2D eigenvalue weighted by Gasteiger charge is -2.32. The molecule has 0 radical (unpaired) electrons. The Balaban J connectivity index is 1.82. The number of benzene rings is 2. The maximum atomic E-state index is 14.1. The number of nitrogens with zero attached hydrogens (tertiary/aromatic N) is 2. The van der Waals surface area contributed by atoms with Gasteiger partial charge in [-0.05, 0) is 29.3 Å². The van der Waals surface area contributed by atoms with E-state index in [0.29, 0.717) is 0 Å². The molecule has 3 rings (SSSR count). The smallest absolute Gasteiger partial charge is 0.226 e. The Morgan fingerprint density at radius 1 is 1.14 bits per heavy atom. The largest absolute Gasteiger partial charge is 0.373 e. The first-order chi connectivity index (χ1) is 13.3. The van der Waals surface area contributed by atoms with Gasteiger partial charge in [-0.3, -0.25) is 9.59 Å². The minimum absolute atomic E-state index is 0.0274. The molecule has 1 aliphatic rings. The van der Waals surface area contributed by atoms with Gasteiger partial charge >= 0.3 is 0 Å². The molecule has 1 aliphatic heterocycles. The van der Waals surface area contributed by atoms with Crippen LogP contribution in [0.3, 0.4) is 0 Å². The SMILES string of the molecule is CC(=O)N1C=Cc2ccccc2C1CC(=O)Nc1cc(F)c(N(C)C)c(F)c1. The van der Waals surface area contributed by atoms with E-state index in [1.807, 2.05) is 30.3 Å². The van der Waals surface area contributed by atoms with Crippen molar-refractivity contribution in [2.45, 2.75) is 19.4 Å². The lowest BCUT2D eigenvalue weighted by molar-refractivity contribution is -0.129. The van der Waals surface area contributed by atoms with Crippen LogP contribution in [0.5, 0.6) is 0 Å². The van der Waals surface area contributed by atoms with Gasteiger partial charge in [0.25, 0.3) is 0 Å². The molecular formula is C21H21F2N3O2. The van der Waals surface area contributed by atoms with Gasteiger partial charge in [-0.2, -0.15) is 0 Å². The summed E-state index contributed by atoms with van der Waals surface area (Å²) >= 11 is 0. The van der Waals surface area contributed by atoms with Crippen LogP contribution in [0, 0.1) is 11.6 Å². The van der Waals surface area contributed by atoms with Gasteiger partial charge in [-0.25, -0.2) is 8.78 Å². The van der Waals surface area contributed by atoms with Crippen molar-refractivity contribution in [3.05, 3.63) is 65.4 Å². The van der Waals surface area contributed by atoms with Crippen molar-refractivity contribution < 1.29 is 18.4 Å². The molecule has 0 saturated carbocycles. The summed E-state index contributed by atoms with van der Waals surface area (Å²) in [5.41, 5.74) is 1.62. The molecule has 2 aromatic rings. The van der Waals surface area contributed by atoms with Crippen LogP contribution in [0.15, 0.2) is 42.6 Å². The number of fused-ring (bicyclic) bond motifs is 1. The molecule has 1 unspecified atom stereocenters. The summed E-state index contributed by atoms with van der Waals surface area (Å²) in [6, 6.07) is 9.14. The number of hydrogen-bond acceptors (Lipinski definition) is 3. The maximum Gasteiger partial charge on any atom is 0.226 e. The number of hydrogen-bond donors (Lipinski definition) is 1. The molecule has 0 saturated heterocycles. The predicted octanol–water partition coefficient (Wildman–Crippen LogP) is 3.93. The Kier molecular flexibility index (Phi) is 5.44. The fourth-order valence-electron chi connectivity index (χ4n) is 3.37. The van der Waals surface area contributed by atoms with Crippen molar-refractivity contribution in [2.24, 2.45) is 0 Å². The molecule has 5 nitrogen and oxygen atoms in total. The highest BCUT2D eigenvalue weighted by Gasteiger charge is 2.28. The summed E-state index contributed by atoms with van der Waals surface area (Å²) < 4.78 is 28.3. The highest BCUT2D eigenvalue weighted by Crippen LogP contribution is 2.33. The van der Waals surface area contributed by atoms with Crippen molar-refractivity contribution in [1.29, 1.82) is 0 Å². The fraction of sp³-hybridized carbons (Fsp3) is 0.238.